The first kappa shape index (κ1) is 19.7. The Hall–Kier alpha value is -2.62. The van der Waals surface area contributed by atoms with Crippen LogP contribution in [0.4, 0.5) is 9.52 Å². The molecule has 0 saturated carbocycles. The minimum atomic E-state index is -0.335. The molecule has 9 heteroatoms. The molecule has 2 N–H and O–H groups in total. The molecular weight excluding hydrogens is 393 g/mol. The highest BCUT2D eigenvalue weighted by Gasteiger charge is 2.23. The standard InChI is InChI=1S/C20H22FN5O2S/c1-12-8-26(9-13(2)28-12)10-16-11-29-20(23-16)24-19(27)17-7-22-25-18(17)14-3-5-15(21)6-4-14/h3-7,11-13H,8-10H2,1-2H3,(H,22,25)(H,23,24,27). The van der Waals surface area contributed by atoms with Gasteiger partial charge in [-0.1, -0.05) is 0 Å². The number of hydrogen-bond acceptors (Lipinski definition) is 6. The first-order valence-electron chi connectivity index (χ1n) is 9.41. The van der Waals surface area contributed by atoms with Gasteiger partial charge in [0.15, 0.2) is 5.13 Å². The summed E-state index contributed by atoms with van der Waals surface area (Å²) < 4.78 is 18.9. The van der Waals surface area contributed by atoms with Crippen LogP contribution >= 0.6 is 11.3 Å². The van der Waals surface area contributed by atoms with Crippen LogP contribution in [0.25, 0.3) is 11.3 Å². The molecule has 0 radical (unpaired) electrons. The summed E-state index contributed by atoms with van der Waals surface area (Å²) in [6, 6.07) is 5.90. The normalized spacial score (nSPS) is 20.0. The largest absolute Gasteiger partial charge is 0.373 e. The summed E-state index contributed by atoms with van der Waals surface area (Å²) in [6.07, 6.45) is 1.85. The fraction of sp³-hybridized carbons (Fsp3) is 0.350. The van der Waals surface area contributed by atoms with Crippen molar-refractivity contribution in [2.75, 3.05) is 18.4 Å². The number of benzene rings is 1. The molecule has 0 spiro atoms. The van der Waals surface area contributed by atoms with Crippen molar-refractivity contribution in [3.63, 3.8) is 0 Å². The topological polar surface area (TPSA) is 83.1 Å². The quantitative estimate of drug-likeness (QED) is 0.666. The molecule has 2 atom stereocenters. The number of nitrogens with zero attached hydrogens (tertiary/aromatic N) is 3. The van der Waals surface area contributed by atoms with E-state index in [0.29, 0.717) is 22.0 Å². The van der Waals surface area contributed by atoms with Crippen LogP contribution < -0.4 is 5.32 Å². The zero-order valence-electron chi connectivity index (χ0n) is 16.2. The van der Waals surface area contributed by atoms with E-state index < -0.39 is 0 Å². The Bertz CT molecular complexity index is 977. The number of halogens is 1. The Balaban J connectivity index is 1.42. The number of amides is 1. The maximum Gasteiger partial charge on any atom is 0.261 e. The first-order valence-corrected chi connectivity index (χ1v) is 10.3. The van der Waals surface area contributed by atoms with Crippen LogP contribution in [0, 0.1) is 5.82 Å². The third-order valence-corrected chi connectivity index (χ3v) is 5.48. The molecule has 1 fully saturated rings. The Morgan fingerprint density at radius 3 is 2.76 bits per heavy atom. The molecule has 0 aliphatic carbocycles. The molecule has 1 aromatic carbocycles. The third-order valence-electron chi connectivity index (χ3n) is 4.67. The summed E-state index contributed by atoms with van der Waals surface area (Å²) in [5.41, 5.74) is 2.52. The van der Waals surface area contributed by atoms with Gasteiger partial charge in [0.1, 0.15) is 5.82 Å². The summed E-state index contributed by atoms with van der Waals surface area (Å²) in [4.78, 5) is 19.6. The lowest BCUT2D eigenvalue weighted by Gasteiger charge is -2.34. The van der Waals surface area contributed by atoms with E-state index in [0.717, 1.165) is 25.3 Å². The van der Waals surface area contributed by atoms with Crippen LogP contribution in [0.3, 0.4) is 0 Å². The van der Waals surface area contributed by atoms with E-state index in [2.05, 4.69) is 39.2 Å². The van der Waals surface area contributed by atoms with Crippen molar-refractivity contribution in [2.24, 2.45) is 0 Å². The van der Waals surface area contributed by atoms with Gasteiger partial charge in [0.05, 0.1) is 35.4 Å². The lowest BCUT2D eigenvalue weighted by molar-refractivity contribution is -0.0707. The molecule has 1 amide bonds. The third kappa shape index (κ3) is 4.69. The molecule has 2 unspecified atom stereocenters. The van der Waals surface area contributed by atoms with Gasteiger partial charge < -0.3 is 4.74 Å². The van der Waals surface area contributed by atoms with Crippen molar-refractivity contribution in [1.82, 2.24) is 20.1 Å². The minimum Gasteiger partial charge on any atom is -0.373 e. The minimum absolute atomic E-state index is 0.197. The smallest absolute Gasteiger partial charge is 0.261 e. The van der Waals surface area contributed by atoms with Crippen LogP contribution in [0.2, 0.25) is 0 Å². The van der Waals surface area contributed by atoms with E-state index in [1.54, 1.807) is 12.1 Å². The van der Waals surface area contributed by atoms with Crippen molar-refractivity contribution in [3.8, 4) is 11.3 Å². The molecule has 29 heavy (non-hydrogen) atoms. The Labute approximate surface area is 171 Å². The monoisotopic (exact) mass is 415 g/mol. The van der Waals surface area contributed by atoms with E-state index in [1.807, 2.05) is 5.38 Å². The summed E-state index contributed by atoms with van der Waals surface area (Å²) >= 11 is 1.39. The van der Waals surface area contributed by atoms with Crippen LogP contribution in [0.5, 0.6) is 0 Å². The van der Waals surface area contributed by atoms with Gasteiger partial charge in [0.2, 0.25) is 0 Å². The molecular formula is C20H22FN5O2S. The number of thiazole rings is 1. The molecule has 4 rings (SSSR count). The van der Waals surface area contributed by atoms with E-state index in [1.165, 1.54) is 29.7 Å². The average molecular weight is 415 g/mol. The van der Waals surface area contributed by atoms with Crippen molar-refractivity contribution in [1.29, 1.82) is 0 Å². The molecule has 1 aliphatic rings. The van der Waals surface area contributed by atoms with Crippen LogP contribution in [-0.2, 0) is 11.3 Å². The molecule has 3 aromatic rings. The van der Waals surface area contributed by atoms with E-state index in [4.69, 9.17) is 4.74 Å². The Kier molecular flexibility index (Phi) is 5.70. The van der Waals surface area contributed by atoms with Crippen LogP contribution in [0.1, 0.15) is 29.9 Å². The molecule has 2 aromatic heterocycles. The number of carbonyl (C=O) groups is 1. The van der Waals surface area contributed by atoms with E-state index >= 15 is 0 Å². The van der Waals surface area contributed by atoms with Gasteiger partial charge in [-0.05, 0) is 38.1 Å². The number of rotatable bonds is 5. The predicted molar refractivity (Wildman–Crippen MR) is 109 cm³/mol. The number of ether oxygens (including phenoxy) is 1. The maximum absolute atomic E-state index is 13.2. The molecule has 152 valence electrons. The average Bonchev–Trinajstić information content (AvgIpc) is 3.31. The summed E-state index contributed by atoms with van der Waals surface area (Å²) in [5, 5.41) is 12.1. The lowest BCUT2D eigenvalue weighted by atomic mass is 10.1. The zero-order chi connectivity index (χ0) is 20.4. The van der Waals surface area contributed by atoms with Gasteiger partial charge in [0, 0.05) is 30.6 Å². The Morgan fingerprint density at radius 2 is 2.03 bits per heavy atom. The number of aromatic amines is 1. The second-order valence-corrected chi connectivity index (χ2v) is 8.07. The summed E-state index contributed by atoms with van der Waals surface area (Å²) in [7, 11) is 0. The SMILES string of the molecule is CC1CN(Cc2csc(NC(=O)c3cn[nH]c3-c3ccc(F)cc3)n2)CC(C)O1. The number of nitrogens with one attached hydrogen (secondary N) is 2. The molecule has 1 aliphatic heterocycles. The predicted octanol–water partition coefficient (Wildman–Crippen LogP) is 3.53. The van der Waals surface area contributed by atoms with Crippen LogP contribution in [-0.4, -0.2) is 51.3 Å². The maximum atomic E-state index is 13.2. The number of hydrogen-bond donors (Lipinski definition) is 2. The van der Waals surface area contributed by atoms with Crippen molar-refractivity contribution < 1.29 is 13.9 Å². The number of H-pyrrole nitrogens is 1. The fourth-order valence-corrected chi connectivity index (χ4v) is 4.24. The number of carbonyl (C=O) groups excluding carboxylic acids is 1. The molecule has 0 bridgehead atoms. The van der Waals surface area contributed by atoms with Gasteiger partial charge >= 0.3 is 0 Å². The summed E-state index contributed by atoms with van der Waals surface area (Å²) in [6.45, 7) is 6.58. The lowest BCUT2D eigenvalue weighted by Crippen LogP contribution is -2.44. The molecule has 3 heterocycles. The first-order chi connectivity index (χ1) is 14.0. The number of morpholine rings is 1. The van der Waals surface area contributed by atoms with Gasteiger partial charge in [-0.25, -0.2) is 9.37 Å². The van der Waals surface area contributed by atoms with Crippen molar-refractivity contribution in [3.05, 3.63) is 52.9 Å². The van der Waals surface area contributed by atoms with Gasteiger partial charge in [-0.15, -0.1) is 11.3 Å². The highest BCUT2D eigenvalue weighted by Crippen LogP contribution is 2.24. The highest BCUT2D eigenvalue weighted by atomic mass is 32.1. The Morgan fingerprint density at radius 1 is 1.31 bits per heavy atom. The van der Waals surface area contributed by atoms with E-state index in [-0.39, 0.29) is 23.9 Å². The molecule has 1 saturated heterocycles. The van der Waals surface area contributed by atoms with Crippen molar-refractivity contribution in [2.45, 2.75) is 32.6 Å². The second-order valence-electron chi connectivity index (χ2n) is 7.22. The second kappa shape index (κ2) is 8.40. The van der Waals surface area contributed by atoms with Gasteiger partial charge in [-0.3, -0.25) is 20.1 Å². The number of anilines is 1. The zero-order valence-corrected chi connectivity index (χ0v) is 17.0. The summed E-state index contributed by atoms with van der Waals surface area (Å²) in [5.74, 6) is -0.647. The highest BCUT2D eigenvalue weighted by molar-refractivity contribution is 7.14. The molecule has 7 nitrogen and oxygen atoms in total. The van der Waals surface area contributed by atoms with Crippen LogP contribution in [0.15, 0.2) is 35.8 Å². The van der Waals surface area contributed by atoms with Crippen molar-refractivity contribution >= 4 is 22.4 Å². The van der Waals surface area contributed by atoms with Gasteiger partial charge in [0.25, 0.3) is 5.91 Å². The van der Waals surface area contributed by atoms with Gasteiger partial charge in [-0.2, -0.15) is 5.10 Å². The fourth-order valence-electron chi connectivity index (χ4n) is 3.54. The number of aromatic nitrogens is 3. The van der Waals surface area contributed by atoms with E-state index in [9.17, 15) is 9.18 Å².